The predicted octanol–water partition coefficient (Wildman–Crippen LogP) is 4.92. The maximum absolute atomic E-state index is 13.5. The molecular formula is C15H24F2OSi. The lowest BCUT2D eigenvalue weighted by Crippen LogP contribution is -2.34. The maximum atomic E-state index is 13.5. The molecule has 0 saturated carbocycles. The predicted molar refractivity (Wildman–Crippen MR) is 77.8 cm³/mol. The summed E-state index contributed by atoms with van der Waals surface area (Å²) < 4.78 is 32.0. The van der Waals surface area contributed by atoms with E-state index in [1.807, 2.05) is 7.11 Å². The fourth-order valence-electron chi connectivity index (χ4n) is 2.48. The van der Waals surface area contributed by atoms with Gasteiger partial charge in [-0.25, -0.2) is 8.78 Å². The van der Waals surface area contributed by atoms with Gasteiger partial charge in [0.15, 0.2) is 8.32 Å². The van der Waals surface area contributed by atoms with Crippen LogP contribution in [-0.2, 0) is 10.8 Å². The number of benzene rings is 1. The van der Waals surface area contributed by atoms with Crippen molar-refractivity contribution in [3.8, 4) is 0 Å². The molecule has 0 amide bonds. The number of aryl methyl sites for hydroxylation is 1. The summed E-state index contributed by atoms with van der Waals surface area (Å²) in [7, 11) is 0.286. The molecule has 1 aromatic rings. The number of halogens is 2. The third-order valence-corrected chi connectivity index (χ3v) is 8.77. The van der Waals surface area contributed by atoms with E-state index in [0.29, 0.717) is 12.0 Å². The lowest BCUT2D eigenvalue weighted by molar-refractivity contribution is 0.389. The molecule has 1 aromatic carbocycles. The second kappa shape index (κ2) is 7.75. The van der Waals surface area contributed by atoms with Crippen LogP contribution >= 0.6 is 0 Å². The Bertz CT molecular complexity index is 383. The zero-order valence-corrected chi connectivity index (χ0v) is 13.1. The fourth-order valence-corrected chi connectivity index (χ4v) is 5.36. The van der Waals surface area contributed by atoms with E-state index in [1.165, 1.54) is 6.07 Å². The van der Waals surface area contributed by atoms with Crippen LogP contribution in [0.3, 0.4) is 0 Å². The quantitative estimate of drug-likeness (QED) is 0.487. The molecule has 0 spiro atoms. The molecule has 0 aliphatic heterocycles. The Morgan fingerprint density at radius 3 is 2.32 bits per heavy atom. The van der Waals surface area contributed by atoms with E-state index < -0.39 is 20.0 Å². The van der Waals surface area contributed by atoms with Gasteiger partial charge in [-0.15, -0.1) is 0 Å². The van der Waals surface area contributed by atoms with Crippen LogP contribution < -0.4 is 0 Å². The molecule has 0 bridgehead atoms. The highest BCUT2D eigenvalue weighted by Gasteiger charge is 2.28. The molecule has 0 heterocycles. The number of hydrogen-bond acceptors (Lipinski definition) is 1. The molecule has 0 aliphatic carbocycles. The fraction of sp³-hybridized carbons (Fsp3) is 0.600. The van der Waals surface area contributed by atoms with E-state index in [-0.39, 0.29) is 0 Å². The molecule has 0 radical (unpaired) electrons. The van der Waals surface area contributed by atoms with Gasteiger partial charge in [0, 0.05) is 13.2 Å². The van der Waals surface area contributed by atoms with Crippen LogP contribution in [0.2, 0.25) is 18.1 Å². The Morgan fingerprint density at radius 2 is 1.79 bits per heavy atom. The summed E-state index contributed by atoms with van der Waals surface area (Å²) in [5.74, 6) is -0.940. The topological polar surface area (TPSA) is 9.23 Å². The Balaban J connectivity index is 2.42. The lowest BCUT2D eigenvalue weighted by Gasteiger charge is -2.27. The van der Waals surface area contributed by atoms with Crippen LogP contribution in [-0.4, -0.2) is 15.4 Å². The summed E-state index contributed by atoms with van der Waals surface area (Å²) in [6, 6.07) is 7.22. The SMILES string of the molecule is CC[Si](CC)(CCCCc1ccc(F)cc1F)OC. The minimum Gasteiger partial charge on any atom is -0.420 e. The van der Waals surface area contributed by atoms with Gasteiger partial charge in [-0.1, -0.05) is 26.3 Å². The molecule has 19 heavy (non-hydrogen) atoms. The van der Waals surface area contributed by atoms with Crippen molar-refractivity contribution in [1.82, 2.24) is 0 Å². The first-order valence-electron chi connectivity index (χ1n) is 7.06. The van der Waals surface area contributed by atoms with Crippen LogP contribution in [0.25, 0.3) is 0 Å². The number of hydrogen-bond donors (Lipinski definition) is 0. The minimum atomic E-state index is -1.53. The zero-order chi connectivity index (χ0) is 14.3. The molecule has 4 heteroatoms. The Morgan fingerprint density at radius 1 is 1.11 bits per heavy atom. The van der Waals surface area contributed by atoms with Crippen molar-refractivity contribution in [3.05, 3.63) is 35.4 Å². The Kier molecular flexibility index (Phi) is 6.65. The van der Waals surface area contributed by atoms with Crippen LogP contribution in [0.1, 0.15) is 32.3 Å². The van der Waals surface area contributed by atoms with Crippen LogP contribution in [0, 0.1) is 11.6 Å². The molecule has 0 aromatic heterocycles. The van der Waals surface area contributed by atoms with Gasteiger partial charge in [0.25, 0.3) is 0 Å². The average molecular weight is 286 g/mol. The van der Waals surface area contributed by atoms with Crippen molar-refractivity contribution in [3.63, 3.8) is 0 Å². The normalized spacial score (nSPS) is 11.8. The Labute approximate surface area is 116 Å². The summed E-state index contributed by atoms with van der Waals surface area (Å²) in [5.41, 5.74) is 0.610. The van der Waals surface area contributed by atoms with Crippen molar-refractivity contribution < 1.29 is 13.2 Å². The van der Waals surface area contributed by atoms with Gasteiger partial charge < -0.3 is 4.43 Å². The summed E-state index contributed by atoms with van der Waals surface area (Å²) in [4.78, 5) is 0. The van der Waals surface area contributed by atoms with E-state index >= 15 is 0 Å². The largest absolute Gasteiger partial charge is 0.420 e. The standard InChI is InChI=1S/C15H24F2OSi/c1-4-19(5-2,18-3)11-7-6-8-13-9-10-14(16)12-15(13)17/h9-10,12H,4-8,11H2,1-3H3. The van der Waals surface area contributed by atoms with Crippen molar-refractivity contribution >= 4 is 8.32 Å². The van der Waals surface area contributed by atoms with E-state index in [4.69, 9.17) is 4.43 Å². The first kappa shape index (κ1) is 16.3. The summed E-state index contributed by atoms with van der Waals surface area (Å²) in [6.45, 7) is 4.39. The summed E-state index contributed by atoms with van der Waals surface area (Å²) in [5, 5.41) is 0. The number of rotatable bonds is 8. The monoisotopic (exact) mass is 286 g/mol. The summed E-state index contributed by atoms with van der Waals surface area (Å²) >= 11 is 0. The van der Waals surface area contributed by atoms with Crippen molar-refractivity contribution in [2.75, 3.05) is 7.11 Å². The van der Waals surface area contributed by atoms with Gasteiger partial charge in [-0.2, -0.15) is 0 Å². The first-order valence-corrected chi connectivity index (χ1v) is 9.59. The molecule has 0 atom stereocenters. The highest BCUT2D eigenvalue weighted by molar-refractivity contribution is 6.73. The second-order valence-electron chi connectivity index (χ2n) is 5.04. The molecule has 0 aliphatic rings. The molecule has 0 N–H and O–H groups in total. The van der Waals surface area contributed by atoms with Crippen LogP contribution in [0.4, 0.5) is 8.78 Å². The van der Waals surface area contributed by atoms with Gasteiger partial charge in [-0.3, -0.25) is 0 Å². The first-order chi connectivity index (χ1) is 9.06. The van der Waals surface area contributed by atoms with Crippen LogP contribution in [0.15, 0.2) is 18.2 Å². The average Bonchev–Trinajstić information content (AvgIpc) is 2.42. The van der Waals surface area contributed by atoms with Gasteiger partial charge in [-0.05, 0) is 42.6 Å². The van der Waals surface area contributed by atoms with Gasteiger partial charge in [0.1, 0.15) is 11.6 Å². The molecule has 1 nitrogen and oxygen atoms in total. The third-order valence-electron chi connectivity index (χ3n) is 4.07. The highest BCUT2D eigenvalue weighted by Crippen LogP contribution is 2.24. The van der Waals surface area contributed by atoms with Gasteiger partial charge in [0.2, 0.25) is 0 Å². The zero-order valence-electron chi connectivity index (χ0n) is 12.1. The van der Waals surface area contributed by atoms with Crippen molar-refractivity contribution in [1.29, 1.82) is 0 Å². The number of unbranched alkanes of at least 4 members (excludes halogenated alkanes) is 1. The van der Waals surface area contributed by atoms with E-state index in [2.05, 4.69) is 13.8 Å². The second-order valence-corrected chi connectivity index (χ2v) is 9.73. The molecule has 0 saturated heterocycles. The van der Waals surface area contributed by atoms with Crippen molar-refractivity contribution in [2.24, 2.45) is 0 Å². The maximum Gasteiger partial charge on any atom is 0.191 e. The molecule has 108 valence electrons. The lowest BCUT2D eigenvalue weighted by atomic mass is 10.1. The van der Waals surface area contributed by atoms with Crippen LogP contribution in [0.5, 0.6) is 0 Å². The van der Waals surface area contributed by atoms with E-state index in [1.54, 1.807) is 6.07 Å². The highest BCUT2D eigenvalue weighted by atomic mass is 28.4. The third kappa shape index (κ3) is 4.69. The molecular weight excluding hydrogens is 262 g/mol. The molecule has 0 unspecified atom stereocenters. The van der Waals surface area contributed by atoms with E-state index in [9.17, 15) is 8.78 Å². The van der Waals surface area contributed by atoms with Crippen molar-refractivity contribution in [2.45, 2.75) is 51.2 Å². The summed E-state index contributed by atoms with van der Waals surface area (Å²) in [6.07, 6.45) is 2.66. The smallest absolute Gasteiger partial charge is 0.191 e. The minimum absolute atomic E-state index is 0.429. The van der Waals surface area contributed by atoms with E-state index in [0.717, 1.165) is 37.0 Å². The molecule has 0 fully saturated rings. The Hall–Kier alpha value is -0.743. The molecule has 1 rings (SSSR count). The van der Waals surface area contributed by atoms with Gasteiger partial charge >= 0.3 is 0 Å². The van der Waals surface area contributed by atoms with Gasteiger partial charge in [0.05, 0.1) is 0 Å².